The van der Waals surface area contributed by atoms with Crippen LogP contribution in [0, 0.1) is 5.41 Å². The normalized spacial score (nSPS) is 17.9. The Morgan fingerprint density at radius 1 is 1.17 bits per heavy atom. The minimum absolute atomic E-state index is 0.392. The van der Waals surface area contributed by atoms with E-state index in [9.17, 15) is 9.59 Å². The minimum atomic E-state index is -1.29. The molecule has 0 amide bonds. The first-order valence-electron chi connectivity index (χ1n) is 5.97. The fourth-order valence-electron chi connectivity index (χ4n) is 2.18. The molecule has 0 radical (unpaired) electrons. The van der Waals surface area contributed by atoms with E-state index in [-0.39, 0.29) is 0 Å². The van der Waals surface area contributed by atoms with E-state index in [1.165, 1.54) is 25.4 Å². The number of hydrogen-bond acceptors (Lipinski definition) is 4. The van der Waals surface area contributed by atoms with E-state index in [2.05, 4.69) is 0 Å². The van der Waals surface area contributed by atoms with Crippen LogP contribution in [0.5, 0.6) is 0 Å². The van der Waals surface area contributed by atoms with Crippen molar-refractivity contribution in [2.45, 2.75) is 33.1 Å². The molecule has 0 aromatic rings. The van der Waals surface area contributed by atoms with Gasteiger partial charge in [0.1, 0.15) is 0 Å². The third-order valence-electron chi connectivity index (χ3n) is 3.39. The number of esters is 2. The molecule has 0 spiro atoms. The van der Waals surface area contributed by atoms with Crippen molar-refractivity contribution in [1.82, 2.24) is 0 Å². The fraction of sp³-hybridized carbons (Fsp3) is 0.571. The van der Waals surface area contributed by atoms with Crippen molar-refractivity contribution in [3.63, 3.8) is 0 Å². The Labute approximate surface area is 108 Å². The minimum Gasteiger partial charge on any atom is -0.468 e. The van der Waals surface area contributed by atoms with Crippen LogP contribution in [0.3, 0.4) is 0 Å². The topological polar surface area (TPSA) is 52.6 Å². The largest absolute Gasteiger partial charge is 0.468 e. The highest BCUT2D eigenvalue weighted by Crippen LogP contribution is 2.35. The highest BCUT2D eigenvalue weighted by Gasteiger charge is 2.46. The van der Waals surface area contributed by atoms with Crippen molar-refractivity contribution in [2.75, 3.05) is 14.2 Å². The van der Waals surface area contributed by atoms with Crippen LogP contribution in [-0.2, 0) is 19.1 Å². The van der Waals surface area contributed by atoms with Gasteiger partial charge in [-0.15, -0.1) is 0 Å². The Bertz CT molecular complexity index is 384. The van der Waals surface area contributed by atoms with Crippen LogP contribution in [0.25, 0.3) is 0 Å². The van der Waals surface area contributed by atoms with Gasteiger partial charge < -0.3 is 9.47 Å². The van der Waals surface area contributed by atoms with Gasteiger partial charge in [0.15, 0.2) is 5.41 Å². The van der Waals surface area contributed by atoms with E-state index in [4.69, 9.17) is 9.47 Å². The van der Waals surface area contributed by atoms with Crippen molar-refractivity contribution in [1.29, 1.82) is 0 Å². The number of carbonyl (C=O) groups is 2. The number of methoxy groups -OCH3 is 2. The molecule has 0 saturated heterocycles. The predicted molar refractivity (Wildman–Crippen MR) is 67.8 cm³/mol. The Morgan fingerprint density at radius 3 is 2.17 bits per heavy atom. The van der Waals surface area contributed by atoms with Crippen molar-refractivity contribution < 1.29 is 19.1 Å². The Hall–Kier alpha value is -1.58. The highest BCUT2D eigenvalue weighted by atomic mass is 16.5. The van der Waals surface area contributed by atoms with Crippen molar-refractivity contribution in [3.8, 4) is 0 Å². The van der Waals surface area contributed by atoms with Crippen LogP contribution in [0.15, 0.2) is 23.3 Å². The van der Waals surface area contributed by atoms with Gasteiger partial charge in [0.05, 0.1) is 14.2 Å². The van der Waals surface area contributed by atoms with Crippen molar-refractivity contribution in [3.05, 3.63) is 23.3 Å². The van der Waals surface area contributed by atoms with Gasteiger partial charge in [0, 0.05) is 0 Å². The van der Waals surface area contributed by atoms with Crippen LogP contribution in [0.2, 0.25) is 0 Å². The van der Waals surface area contributed by atoms with E-state index in [0.29, 0.717) is 12.8 Å². The lowest BCUT2D eigenvalue weighted by Crippen LogP contribution is -2.39. The van der Waals surface area contributed by atoms with E-state index in [1.807, 2.05) is 19.9 Å². The molecule has 1 aliphatic rings. The zero-order chi connectivity index (χ0) is 13.8. The second kappa shape index (κ2) is 5.85. The molecule has 4 nitrogen and oxygen atoms in total. The zero-order valence-electron chi connectivity index (χ0n) is 11.4. The summed E-state index contributed by atoms with van der Waals surface area (Å²) in [6.45, 7) is 4.07. The summed E-state index contributed by atoms with van der Waals surface area (Å²) >= 11 is 0. The summed E-state index contributed by atoms with van der Waals surface area (Å²) in [5, 5.41) is 0. The summed E-state index contributed by atoms with van der Waals surface area (Å²) in [5.41, 5.74) is 1.19. The van der Waals surface area contributed by atoms with Crippen molar-refractivity contribution in [2.24, 2.45) is 5.41 Å². The maximum absolute atomic E-state index is 11.9. The zero-order valence-corrected chi connectivity index (χ0v) is 11.4. The standard InChI is InChI=1S/C14H20O4/c1-10(2)11-6-5-8-14(9-7-11,12(15)17-3)13(16)18-4/h5,8H,6-7,9H2,1-4H3. The van der Waals surface area contributed by atoms with Gasteiger partial charge in [-0.1, -0.05) is 23.3 Å². The molecule has 0 fully saturated rings. The summed E-state index contributed by atoms with van der Waals surface area (Å²) in [4.78, 5) is 23.9. The molecule has 0 atom stereocenters. The van der Waals surface area contributed by atoms with Gasteiger partial charge in [-0.05, 0) is 33.1 Å². The lowest BCUT2D eigenvalue weighted by molar-refractivity contribution is -0.165. The maximum Gasteiger partial charge on any atom is 0.327 e. The average molecular weight is 252 g/mol. The van der Waals surface area contributed by atoms with Crippen molar-refractivity contribution >= 4 is 11.9 Å². The molecule has 0 saturated carbocycles. The predicted octanol–water partition coefficient (Wildman–Crippen LogP) is 2.40. The van der Waals surface area contributed by atoms with E-state index < -0.39 is 17.4 Å². The lowest BCUT2D eigenvalue weighted by atomic mass is 9.83. The molecule has 0 bridgehead atoms. The molecule has 0 N–H and O–H groups in total. The molecule has 0 heterocycles. The first-order chi connectivity index (χ1) is 8.47. The third-order valence-corrected chi connectivity index (χ3v) is 3.39. The molecule has 1 rings (SSSR count). The summed E-state index contributed by atoms with van der Waals surface area (Å²) < 4.78 is 9.52. The second-order valence-electron chi connectivity index (χ2n) is 4.66. The van der Waals surface area contributed by atoms with E-state index in [1.54, 1.807) is 6.08 Å². The third kappa shape index (κ3) is 2.63. The summed E-state index contributed by atoms with van der Waals surface area (Å²) in [6.07, 6.45) is 5.32. The number of hydrogen-bond donors (Lipinski definition) is 0. The molecule has 0 unspecified atom stereocenters. The Morgan fingerprint density at radius 2 is 1.72 bits per heavy atom. The summed E-state index contributed by atoms with van der Waals surface area (Å²) in [7, 11) is 2.57. The molecule has 0 aromatic heterocycles. The number of ether oxygens (including phenoxy) is 2. The van der Waals surface area contributed by atoms with E-state index in [0.717, 1.165) is 6.42 Å². The van der Waals surface area contributed by atoms with Crippen LogP contribution in [0.1, 0.15) is 33.1 Å². The number of allylic oxidation sites excluding steroid dienone is 3. The quantitative estimate of drug-likeness (QED) is 0.430. The SMILES string of the molecule is COC(=O)C1(C(=O)OC)C=CCC(=C(C)C)CC1. The Kier molecular flexibility index (Phi) is 4.70. The molecule has 100 valence electrons. The molecular formula is C14H20O4. The molecule has 18 heavy (non-hydrogen) atoms. The lowest BCUT2D eigenvalue weighted by Gasteiger charge is -2.23. The highest BCUT2D eigenvalue weighted by molar-refractivity contribution is 6.02. The molecule has 4 heteroatoms. The van der Waals surface area contributed by atoms with E-state index >= 15 is 0 Å². The average Bonchev–Trinajstić information content (AvgIpc) is 2.60. The van der Waals surface area contributed by atoms with Gasteiger partial charge in [-0.2, -0.15) is 0 Å². The monoisotopic (exact) mass is 252 g/mol. The fourth-order valence-corrected chi connectivity index (χ4v) is 2.18. The van der Waals surface area contributed by atoms with Crippen LogP contribution >= 0.6 is 0 Å². The van der Waals surface area contributed by atoms with Crippen LogP contribution in [-0.4, -0.2) is 26.2 Å². The van der Waals surface area contributed by atoms with Crippen LogP contribution in [0.4, 0.5) is 0 Å². The first kappa shape index (κ1) is 14.5. The molecular weight excluding hydrogens is 232 g/mol. The van der Waals surface area contributed by atoms with Gasteiger partial charge in [-0.3, -0.25) is 9.59 Å². The van der Waals surface area contributed by atoms with Gasteiger partial charge in [0.25, 0.3) is 0 Å². The number of carbonyl (C=O) groups excluding carboxylic acids is 2. The molecule has 1 aliphatic carbocycles. The number of rotatable bonds is 2. The van der Waals surface area contributed by atoms with Crippen LogP contribution < -0.4 is 0 Å². The van der Waals surface area contributed by atoms with Gasteiger partial charge in [-0.25, -0.2) is 0 Å². The second-order valence-corrected chi connectivity index (χ2v) is 4.66. The van der Waals surface area contributed by atoms with Gasteiger partial charge >= 0.3 is 11.9 Å². The smallest absolute Gasteiger partial charge is 0.327 e. The maximum atomic E-state index is 11.9. The molecule has 0 aliphatic heterocycles. The summed E-state index contributed by atoms with van der Waals surface area (Å²) in [6, 6.07) is 0. The Balaban J connectivity index is 3.12. The summed E-state index contributed by atoms with van der Waals surface area (Å²) in [5.74, 6) is -1.11. The molecule has 0 aromatic carbocycles. The first-order valence-corrected chi connectivity index (χ1v) is 5.97. The van der Waals surface area contributed by atoms with Gasteiger partial charge in [0.2, 0.25) is 0 Å².